The highest BCUT2D eigenvalue weighted by Crippen LogP contribution is 2.25. The molecule has 0 saturated carbocycles. The van der Waals surface area contributed by atoms with Crippen LogP contribution in [0.4, 0.5) is 24.5 Å². The Morgan fingerprint density at radius 2 is 2.05 bits per heavy atom. The molecular weight excluding hydrogens is 261 g/mol. The van der Waals surface area contributed by atoms with E-state index in [0.29, 0.717) is 22.8 Å². The van der Waals surface area contributed by atoms with Gasteiger partial charge in [0.25, 0.3) is 0 Å². The molecule has 0 unspecified atom stereocenters. The molecule has 0 aliphatic carbocycles. The summed E-state index contributed by atoms with van der Waals surface area (Å²) >= 11 is 0. The quantitative estimate of drug-likeness (QED) is 0.859. The molecular formula is C12H15F3N2O2. The first kappa shape index (κ1) is 15.3. The highest BCUT2D eigenvalue weighted by atomic mass is 19.4. The number of carbonyl (C=O) groups is 1. The zero-order chi connectivity index (χ0) is 14.6. The summed E-state index contributed by atoms with van der Waals surface area (Å²) in [6.07, 6.45) is -4.91. The van der Waals surface area contributed by atoms with Gasteiger partial charge in [0.2, 0.25) is 0 Å². The number of anilines is 2. The van der Waals surface area contributed by atoms with E-state index in [-0.39, 0.29) is 12.3 Å². The van der Waals surface area contributed by atoms with E-state index in [1.165, 1.54) is 18.2 Å². The lowest BCUT2D eigenvalue weighted by molar-refractivity contribution is -0.170. The Kier molecular flexibility index (Phi) is 4.77. The third-order valence-electron chi connectivity index (χ3n) is 2.52. The molecule has 0 fully saturated rings. The van der Waals surface area contributed by atoms with Crippen molar-refractivity contribution in [1.29, 1.82) is 0 Å². The molecule has 0 heterocycles. The van der Waals surface area contributed by atoms with Crippen LogP contribution in [0, 0.1) is 0 Å². The van der Waals surface area contributed by atoms with Gasteiger partial charge in [0, 0.05) is 30.6 Å². The normalized spacial score (nSPS) is 11.4. The Morgan fingerprint density at radius 3 is 2.58 bits per heavy atom. The number of hydrogen-bond acceptors (Lipinski definition) is 3. The third kappa shape index (κ3) is 3.85. The molecule has 0 aliphatic heterocycles. The summed E-state index contributed by atoms with van der Waals surface area (Å²) in [5.41, 5.74) is 6.75. The molecule has 0 aromatic heterocycles. The Balaban J connectivity index is 2.98. The van der Waals surface area contributed by atoms with Gasteiger partial charge in [-0.25, -0.2) is 0 Å². The summed E-state index contributed by atoms with van der Waals surface area (Å²) in [5.74, 6) is -1.93. The molecule has 2 N–H and O–H groups in total. The van der Waals surface area contributed by atoms with Gasteiger partial charge in [-0.05, 0) is 25.1 Å². The van der Waals surface area contributed by atoms with Gasteiger partial charge < -0.3 is 15.4 Å². The monoisotopic (exact) mass is 276 g/mol. The van der Waals surface area contributed by atoms with Gasteiger partial charge >= 0.3 is 12.1 Å². The number of nitrogen functional groups attached to an aromatic ring is 1. The van der Waals surface area contributed by atoms with Crippen LogP contribution in [0.2, 0.25) is 0 Å². The lowest BCUT2D eigenvalue weighted by Crippen LogP contribution is -2.38. The molecule has 1 aromatic carbocycles. The first-order valence-electron chi connectivity index (χ1n) is 5.58. The summed E-state index contributed by atoms with van der Waals surface area (Å²) in [7, 11) is 1.06. The molecule has 1 rings (SSSR count). The van der Waals surface area contributed by atoms with E-state index >= 15 is 0 Å². The molecule has 0 spiro atoms. The van der Waals surface area contributed by atoms with Crippen LogP contribution in [0.1, 0.15) is 12.5 Å². The number of rotatable bonds is 4. The molecule has 0 aliphatic rings. The van der Waals surface area contributed by atoms with Crippen LogP contribution in [0.5, 0.6) is 0 Å². The van der Waals surface area contributed by atoms with Crippen LogP contribution < -0.4 is 10.6 Å². The predicted molar refractivity (Wildman–Crippen MR) is 65.6 cm³/mol. The molecule has 106 valence electrons. The van der Waals surface area contributed by atoms with E-state index < -0.39 is 12.1 Å². The van der Waals surface area contributed by atoms with Gasteiger partial charge in [0.15, 0.2) is 0 Å². The Bertz CT molecular complexity index is 461. The van der Waals surface area contributed by atoms with Crippen LogP contribution in [-0.2, 0) is 16.1 Å². The number of carbonyl (C=O) groups excluding carboxylic acids is 1. The Labute approximate surface area is 108 Å². The van der Waals surface area contributed by atoms with Gasteiger partial charge in [0.05, 0.1) is 6.61 Å². The highest BCUT2D eigenvalue weighted by molar-refractivity contribution is 5.97. The van der Waals surface area contributed by atoms with Gasteiger partial charge in [-0.15, -0.1) is 0 Å². The van der Waals surface area contributed by atoms with Crippen molar-refractivity contribution in [1.82, 2.24) is 0 Å². The largest absolute Gasteiger partial charge is 0.471 e. The maximum Gasteiger partial charge on any atom is 0.471 e. The van der Waals surface area contributed by atoms with E-state index in [1.54, 1.807) is 6.92 Å². The predicted octanol–water partition coefficient (Wildman–Crippen LogP) is 2.33. The summed E-state index contributed by atoms with van der Waals surface area (Å²) in [6.45, 7) is 2.44. The fraction of sp³-hybridized carbons (Fsp3) is 0.417. The number of nitrogens with zero attached hydrogens (tertiary/aromatic N) is 1. The van der Waals surface area contributed by atoms with E-state index in [4.69, 9.17) is 10.5 Å². The second-order valence-electron chi connectivity index (χ2n) is 3.88. The van der Waals surface area contributed by atoms with Crippen LogP contribution in [0.15, 0.2) is 18.2 Å². The lowest BCUT2D eigenvalue weighted by Gasteiger charge is -2.20. The Morgan fingerprint density at radius 1 is 1.42 bits per heavy atom. The maximum absolute atomic E-state index is 12.3. The van der Waals surface area contributed by atoms with Gasteiger partial charge in [-0.3, -0.25) is 4.79 Å². The second-order valence-corrected chi connectivity index (χ2v) is 3.88. The van der Waals surface area contributed by atoms with Crippen LogP contribution in [0.25, 0.3) is 0 Å². The first-order valence-corrected chi connectivity index (χ1v) is 5.58. The SMILES string of the molecule is CCOCc1cc(N(C)C(=O)C(F)(F)F)ccc1N. The van der Waals surface area contributed by atoms with Crippen LogP contribution >= 0.6 is 0 Å². The average Bonchev–Trinajstić information content (AvgIpc) is 2.35. The number of alkyl halides is 3. The molecule has 0 saturated heterocycles. The average molecular weight is 276 g/mol. The van der Waals surface area contributed by atoms with Crippen molar-refractivity contribution >= 4 is 17.3 Å². The fourth-order valence-corrected chi connectivity index (χ4v) is 1.45. The van der Waals surface area contributed by atoms with Crippen molar-refractivity contribution in [3.8, 4) is 0 Å². The zero-order valence-electron chi connectivity index (χ0n) is 10.6. The Hall–Kier alpha value is -1.76. The van der Waals surface area contributed by atoms with E-state index in [0.717, 1.165) is 7.05 Å². The van der Waals surface area contributed by atoms with Gasteiger partial charge in [-0.1, -0.05) is 0 Å². The van der Waals surface area contributed by atoms with E-state index in [9.17, 15) is 18.0 Å². The number of benzene rings is 1. The lowest BCUT2D eigenvalue weighted by atomic mass is 10.1. The molecule has 0 atom stereocenters. The number of halogens is 3. The summed E-state index contributed by atoms with van der Waals surface area (Å²) in [5, 5.41) is 0. The minimum atomic E-state index is -4.91. The topological polar surface area (TPSA) is 55.6 Å². The molecule has 1 amide bonds. The van der Waals surface area contributed by atoms with Crippen molar-refractivity contribution in [3.05, 3.63) is 23.8 Å². The number of amides is 1. The number of ether oxygens (including phenoxy) is 1. The molecule has 0 radical (unpaired) electrons. The minimum absolute atomic E-state index is 0.117. The van der Waals surface area contributed by atoms with Gasteiger partial charge in [0.1, 0.15) is 0 Å². The number of nitrogens with two attached hydrogens (primary N) is 1. The van der Waals surface area contributed by atoms with Crippen LogP contribution in [0.3, 0.4) is 0 Å². The molecule has 0 bridgehead atoms. The molecule has 7 heteroatoms. The van der Waals surface area contributed by atoms with Gasteiger partial charge in [-0.2, -0.15) is 13.2 Å². The summed E-state index contributed by atoms with van der Waals surface area (Å²) < 4.78 is 42.1. The number of hydrogen-bond donors (Lipinski definition) is 1. The summed E-state index contributed by atoms with van der Waals surface area (Å²) in [6, 6.07) is 4.22. The smallest absolute Gasteiger partial charge is 0.398 e. The van der Waals surface area contributed by atoms with Crippen molar-refractivity contribution in [2.24, 2.45) is 0 Å². The van der Waals surface area contributed by atoms with Crippen molar-refractivity contribution in [2.75, 3.05) is 24.3 Å². The van der Waals surface area contributed by atoms with Crippen LogP contribution in [-0.4, -0.2) is 25.7 Å². The van der Waals surface area contributed by atoms with Crippen molar-refractivity contribution in [2.45, 2.75) is 19.7 Å². The minimum Gasteiger partial charge on any atom is -0.398 e. The molecule has 19 heavy (non-hydrogen) atoms. The fourth-order valence-electron chi connectivity index (χ4n) is 1.45. The van der Waals surface area contributed by atoms with Crippen molar-refractivity contribution in [3.63, 3.8) is 0 Å². The second kappa shape index (κ2) is 5.92. The molecule has 1 aromatic rings. The highest BCUT2D eigenvalue weighted by Gasteiger charge is 2.41. The standard InChI is InChI=1S/C12H15F3N2O2/c1-3-19-7-8-6-9(4-5-10(8)16)17(2)11(18)12(13,14)15/h4-6H,3,7,16H2,1-2H3. The molecule has 4 nitrogen and oxygen atoms in total. The third-order valence-corrected chi connectivity index (χ3v) is 2.52. The first-order chi connectivity index (χ1) is 8.77. The van der Waals surface area contributed by atoms with E-state index in [2.05, 4.69) is 0 Å². The maximum atomic E-state index is 12.3. The summed E-state index contributed by atoms with van der Waals surface area (Å²) in [4.78, 5) is 11.7. The van der Waals surface area contributed by atoms with E-state index in [1.807, 2.05) is 0 Å². The van der Waals surface area contributed by atoms with Crippen molar-refractivity contribution < 1.29 is 22.7 Å². The zero-order valence-corrected chi connectivity index (χ0v) is 10.6.